The van der Waals surface area contributed by atoms with Gasteiger partial charge in [0.2, 0.25) is 0 Å². The van der Waals surface area contributed by atoms with Crippen molar-refractivity contribution in [3.63, 3.8) is 0 Å². The molecule has 0 radical (unpaired) electrons. The van der Waals surface area contributed by atoms with E-state index in [4.69, 9.17) is 9.47 Å². The van der Waals surface area contributed by atoms with E-state index in [2.05, 4.69) is 145 Å². The predicted molar refractivity (Wildman–Crippen MR) is 172 cm³/mol. The molecule has 2 unspecified atom stereocenters. The van der Waals surface area contributed by atoms with Crippen molar-refractivity contribution in [2.45, 2.75) is 18.1 Å². The van der Waals surface area contributed by atoms with Gasteiger partial charge in [0.25, 0.3) is 0 Å². The minimum Gasteiger partial charge on any atom is -0.497 e. The molecular weight excluding hydrogens is 514 g/mol. The van der Waals surface area contributed by atoms with Gasteiger partial charge in [-0.3, -0.25) is 0 Å². The summed E-state index contributed by atoms with van der Waals surface area (Å²) in [4.78, 5) is 0. The number of methoxy groups -OCH3 is 1. The van der Waals surface area contributed by atoms with Crippen molar-refractivity contribution in [2.24, 2.45) is 5.92 Å². The van der Waals surface area contributed by atoms with Crippen LogP contribution >= 0.6 is 0 Å². The van der Waals surface area contributed by atoms with Gasteiger partial charge in [-0.2, -0.15) is 0 Å². The summed E-state index contributed by atoms with van der Waals surface area (Å²) in [6, 6.07) is 51.3. The smallest absolute Gasteiger partial charge is 0.143 e. The SMILES string of the molecule is COc1ccc(C2=CCNC(Cc3ccccc3)C2COC(c2ccccc2)(c2ccccc2)c2ccccc2)cc1. The first kappa shape index (κ1) is 27.7. The maximum atomic E-state index is 7.39. The topological polar surface area (TPSA) is 30.5 Å². The Morgan fingerprint density at radius 3 is 1.64 bits per heavy atom. The zero-order valence-corrected chi connectivity index (χ0v) is 24.0. The van der Waals surface area contributed by atoms with Gasteiger partial charge in [0.05, 0.1) is 13.7 Å². The number of nitrogens with one attached hydrogen (secondary N) is 1. The van der Waals surface area contributed by atoms with Gasteiger partial charge in [-0.05, 0) is 51.9 Å². The van der Waals surface area contributed by atoms with Crippen LogP contribution in [0.4, 0.5) is 0 Å². The fraction of sp³-hybridized carbons (Fsp3) is 0.179. The number of hydrogen-bond acceptors (Lipinski definition) is 3. The minimum atomic E-state index is -0.774. The normalized spacial score (nSPS) is 16.9. The molecule has 0 saturated carbocycles. The van der Waals surface area contributed by atoms with Crippen molar-refractivity contribution in [3.8, 4) is 5.75 Å². The Morgan fingerprint density at radius 1 is 0.643 bits per heavy atom. The first-order chi connectivity index (χ1) is 20.8. The average Bonchev–Trinajstić information content (AvgIpc) is 3.07. The molecule has 5 aromatic carbocycles. The van der Waals surface area contributed by atoms with Crippen LogP contribution in [0.25, 0.3) is 5.57 Å². The second-order valence-corrected chi connectivity index (χ2v) is 10.8. The van der Waals surface area contributed by atoms with Crippen LogP contribution in [0, 0.1) is 5.92 Å². The highest BCUT2D eigenvalue weighted by Gasteiger charge is 2.40. The van der Waals surface area contributed by atoms with Gasteiger partial charge in [-0.15, -0.1) is 0 Å². The lowest BCUT2D eigenvalue weighted by molar-refractivity contribution is -0.00508. The monoisotopic (exact) mass is 551 g/mol. The Labute approximate surface area is 249 Å². The molecule has 5 aromatic rings. The molecule has 6 rings (SSSR count). The van der Waals surface area contributed by atoms with E-state index in [-0.39, 0.29) is 12.0 Å². The lowest BCUT2D eigenvalue weighted by Gasteiger charge is -2.40. The molecule has 3 nitrogen and oxygen atoms in total. The van der Waals surface area contributed by atoms with E-state index >= 15 is 0 Å². The van der Waals surface area contributed by atoms with Crippen LogP contribution in [0.15, 0.2) is 152 Å². The molecule has 1 aliphatic heterocycles. The van der Waals surface area contributed by atoms with Crippen LogP contribution in [-0.4, -0.2) is 26.3 Å². The second-order valence-electron chi connectivity index (χ2n) is 10.8. The number of rotatable bonds is 10. The van der Waals surface area contributed by atoms with Crippen LogP contribution in [0.2, 0.25) is 0 Å². The summed E-state index contributed by atoms with van der Waals surface area (Å²) in [5.41, 5.74) is 6.39. The molecule has 1 heterocycles. The molecule has 1 aliphatic rings. The van der Waals surface area contributed by atoms with Crippen LogP contribution in [0.5, 0.6) is 5.75 Å². The minimum absolute atomic E-state index is 0.114. The fourth-order valence-corrected chi connectivity index (χ4v) is 6.22. The molecule has 0 amide bonds. The van der Waals surface area contributed by atoms with Crippen molar-refractivity contribution < 1.29 is 9.47 Å². The Morgan fingerprint density at radius 2 is 1.14 bits per heavy atom. The average molecular weight is 552 g/mol. The summed E-state index contributed by atoms with van der Waals surface area (Å²) in [7, 11) is 1.71. The predicted octanol–water partition coefficient (Wildman–Crippen LogP) is 7.92. The molecule has 0 bridgehead atoms. The Kier molecular flexibility index (Phi) is 8.60. The van der Waals surface area contributed by atoms with Crippen LogP contribution in [0.3, 0.4) is 0 Å². The van der Waals surface area contributed by atoms with Gasteiger partial charge in [0.15, 0.2) is 0 Å². The third-order valence-corrected chi connectivity index (χ3v) is 8.33. The molecule has 0 aliphatic carbocycles. The van der Waals surface area contributed by atoms with E-state index in [1.807, 2.05) is 12.1 Å². The molecular formula is C39H37NO2. The summed E-state index contributed by atoms with van der Waals surface area (Å²) in [6.07, 6.45) is 3.24. The molecule has 0 spiro atoms. The van der Waals surface area contributed by atoms with Crippen LogP contribution in [0.1, 0.15) is 27.8 Å². The van der Waals surface area contributed by atoms with Crippen LogP contribution in [-0.2, 0) is 16.8 Å². The highest BCUT2D eigenvalue weighted by atomic mass is 16.5. The maximum absolute atomic E-state index is 7.39. The highest BCUT2D eigenvalue weighted by molar-refractivity contribution is 5.70. The Hall–Kier alpha value is -4.44. The summed E-state index contributed by atoms with van der Waals surface area (Å²) in [5, 5.41) is 3.81. The van der Waals surface area contributed by atoms with Crippen molar-refractivity contribution in [3.05, 3.63) is 179 Å². The standard InChI is InChI=1S/C39H37NO2/c1-41-35-24-22-31(23-25-35)36-26-27-40-38(28-30-14-6-2-7-15-30)37(36)29-42-39(32-16-8-3-9-17-32,33-18-10-4-11-19-33)34-20-12-5-13-21-34/h2-26,37-38,40H,27-29H2,1H3. The van der Waals surface area contributed by atoms with Gasteiger partial charge >= 0.3 is 0 Å². The van der Waals surface area contributed by atoms with Crippen molar-refractivity contribution in [1.29, 1.82) is 0 Å². The number of ether oxygens (including phenoxy) is 2. The molecule has 3 heteroatoms. The van der Waals surface area contributed by atoms with Gasteiger partial charge in [0.1, 0.15) is 11.4 Å². The van der Waals surface area contributed by atoms with Gasteiger partial charge < -0.3 is 14.8 Å². The third kappa shape index (κ3) is 5.80. The maximum Gasteiger partial charge on any atom is 0.143 e. The first-order valence-corrected chi connectivity index (χ1v) is 14.7. The van der Waals surface area contributed by atoms with Crippen molar-refractivity contribution in [2.75, 3.05) is 20.3 Å². The van der Waals surface area contributed by atoms with E-state index in [1.165, 1.54) is 16.7 Å². The zero-order valence-electron chi connectivity index (χ0n) is 24.0. The lowest BCUT2D eigenvalue weighted by Crippen LogP contribution is -2.45. The summed E-state index contributed by atoms with van der Waals surface area (Å²) < 4.78 is 12.9. The second kappa shape index (κ2) is 13.0. The van der Waals surface area contributed by atoms with E-state index in [0.29, 0.717) is 6.61 Å². The fourth-order valence-electron chi connectivity index (χ4n) is 6.22. The quantitative estimate of drug-likeness (QED) is 0.179. The Bertz CT molecular complexity index is 1470. The molecule has 2 atom stereocenters. The molecule has 0 saturated heterocycles. The van der Waals surface area contributed by atoms with Crippen LogP contribution < -0.4 is 10.1 Å². The van der Waals surface area contributed by atoms with Gasteiger partial charge in [-0.1, -0.05) is 140 Å². The zero-order chi connectivity index (χ0) is 28.6. The highest BCUT2D eigenvalue weighted by Crippen LogP contribution is 2.42. The first-order valence-electron chi connectivity index (χ1n) is 14.7. The molecule has 1 N–H and O–H groups in total. The van der Waals surface area contributed by atoms with Crippen molar-refractivity contribution >= 4 is 5.57 Å². The number of hydrogen-bond donors (Lipinski definition) is 1. The lowest BCUT2D eigenvalue weighted by atomic mass is 9.78. The molecule has 42 heavy (non-hydrogen) atoms. The summed E-state index contributed by atoms with van der Waals surface area (Å²) >= 11 is 0. The Balaban J connectivity index is 1.44. The van der Waals surface area contributed by atoms with E-state index in [9.17, 15) is 0 Å². The van der Waals surface area contributed by atoms with E-state index in [0.717, 1.165) is 35.4 Å². The van der Waals surface area contributed by atoms with E-state index in [1.54, 1.807) is 7.11 Å². The molecule has 210 valence electrons. The van der Waals surface area contributed by atoms with E-state index < -0.39 is 5.60 Å². The van der Waals surface area contributed by atoms with Gasteiger partial charge in [-0.25, -0.2) is 0 Å². The molecule has 0 fully saturated rings. The van der Waals surface area contributed by atoms with Gasteiger partial charge in [0, 0.05) is 18.5 Å². The molecule has 0 aromatic heterocycles. The summed E-state index contributed by atoms with van der Waals surface area (Å²) in [5.74, 6) is 0.973. The van der Waals surface area contributed by atoms with Crippen molar-refractivity contribution in [1.82, 2.24) is 5.32 Å². The third-order valence-electron chi connectivity index (χ3n) is 8.33. The summed E-state index contributed by atoms with van der Waals surface area (Å²) in [6.45, 7) is 1.34. The number of benzene rings is 5. The largest absolute Gasteiger partial charge is 0.497 e.